The van der Waals surface area contributed by atoms with Gasteiger partial charge in [0, 0.05) is 12.5 Å². The number of hydrogen-bond acceptors (Lipinski definition) is 2. The van der Waals surface area contributed by atoms with Crippen LogP contribution in [-0.2, 0) is 0 Å². The molecule has 1 aliphatic rings. The van der Waals surface area contributed by atoms with E-state index in [1.807, 2.05) is 13.8 Å². The highest BCUT2D eigenvalue weighted by Gasteiger charge is 2.57. The van der Waals surface area contributed by atoms with E-state index >= 15 is 0 Å². The van der Waals surface area contributed by atoms with Crippen LogP contribution < -0.4 is 0 Å². The average molecular weight is 125 g/mol. The van der Waals surface area contributed by atoms with Crippen molar-refractivity contribution in [1.82, 2.24) is 0 Å². The van der Waals surface area contributed by atoms with E-state index < -0.39 is 0 Å². The summed E-state index contributed by atoms with van der Waals surface area (Å²) in [6.45, 7) is 4.19. The van der Waals surface area contributed by atoms with E-state index in [4.69, 9.17) is 10.4 Å². The van der Waals surface area contributed by atoms with Crippen molar-refractivity contribution >= 4 is 0 Å². The number of hydrogen-bond donors (Lipinski definition) is 1. The largest absolute Gasteiger partial charge is 0.396 e. The number of nitriles is 1. The Morgan fingerprint density at radius 3 is 2.33 bits per heavy atom. The molecule has 1 rings (SSSR count). The van der Waals surface area contributed by atoms with Gasteiger partial charge in [-0.15, -0.1) is 0 Å². The van der Waals surface area contributed by atoms with Gasteiger partial charge in [0.15, 0.2) is 0 Å². The molecule has 2 nitrogen and oxygen atoms in total. The molecule has 0 bridgehead atoms. The van der Waals surface area contributed by atoms with Crippen LogP contribution in [0, 0.1) is 28.6 Å². The molecule has 0 aromatic carbocycles. The van der Waals surface area contributed by atoms with Crippen LogP contribution in [0.3, 0.4) is 0 Å². The van der Waals surface area contributed by atoms with Crippen molar-refractivity contribution in [2.45, 2.75) is 13.8 Å². The maximum Gasteiger partial charge on any atom is 0.0665 e. The van der Waals surface area contributed by atoms with Crippen molar-refractivity contribution in [3.63, 3.8) is 0 Å². The first-order valence-corrected chi connectivity index (χ1v) is 3.15. The standard InChI is InChI=1S/C7H11NO/c1-7(2)5(3-8)6(7)4-9/h5-6,9H,4H2,1-2H3/t5-,6-/m0/s1. The molecular formula is C7H11NO. The molecule has 0 heterocycles. The summed E-state index contributed by atoms with van der Waals surface area (Å²) < 4.78 is 0. The molecule has 0 radical (unpaired) electrons. The summed E-state index contributed by atoms with van der Waals surface area (Å²) in [5.74, 6) is 0.310. The molecule has 0 aromatic heterocycles. The topological polar surface area (TPSA) is 44.0 Å². The third-order valence-electron chi connectivity index (χ3n) is 2.39. The first kappa shape index (κ1) is 6.57. The highest BCUT2D eigenvalue weighted by atomic mass is 16.3. The Morgan fingerprint density at radius 2 is 2.22 bits per heavy atom. The summed E-state index contributed by atoms with van der Waals surface area (Å²) in [6, 6.07) is 2.17. The van der Waals surface area contributed by atoms with E-state index in [-0.39, 0.29) is 23.9 Å². The Bertz CT molecular complexity index is 157. The van der Waals surface area contributed by atoms with Crippen LogP contribution in [0.25, 0.3) is 0 Å². The first-order chi connectivity index (χ1) is 4.14. The molecule has 0 amide bonds. The quantitative estimate of drug-likeness (QED) is 0.562. The van der Waals surface area contributed by atoms with Gasteiger partial charge in [0.1, 0.15) is 0 Å². The van der Waals surface area contributed by atoms with E-state index in [2.05, 4.69) is 6.07 Å². The molecule has 1 fully saturated rings. The van der Waals surface area contributed by atoms with Gasteiger partial charge in [0.2, 0.25) is 0 Å². The zero-order valence-electron chi connectivity index (χ0n) is 5.76. The van der Waals surface area contributed by atoms with Crippen LogP contribution in [-0.4, -0.2) is 11.7 Å². The Morgan fingerprint density at radius 1 is 1.67 bits per heavy atom. The van der Waals surface area contributed by atoms with Gasteiger partial charge in [0.05, 0.1) is 12.0 Å². The van der Waals surface area contributed by atoms with Gasteiger partial charge in [-0.2, -0.15) is 5.26 Å². The normalized spacial score (nSPS) is 37.6. The van der Waals surface area contributed by atoms with Crippen LogP contribution in [0.5, 0.6) is 0 Å². The van der Waals surface area contributed by atoms with Crippen LogP contribution >= 0.6 is 0 Å². The van der Waals surface area contributed by atoms with Crippen LogP contribution in [0.2, 0.25) is 0 Å². The summed E-state index contributed by atoms with van der Waals surface area (Å²) in [4.78, 5) is 0. The number of nitrogens with zero attached hydrogens (tertiary/aromatic N) is 1. The van der Waals surface area contributed by atoms with Gasteiger partial charge >= 0.3 is 0 Å². The van der Waals surface area contributed by atoms with Gasteiger partial charge in [-0.25, -0.2) is 0 Å². The molecule has 0 unspecified atom stereocenters. The second kappa shape index (κ2) is 1.71. The van der Waals surface area contributed by atoms with Crippen molar-refractivity contribution in [3.05, 3.63) is 0 Å². The van der Waals surface area contributed by atoms with E-state index in [0.29, 0.717) is 0 Å². The SMILES string of the molecule is CC1(C)[C@@H](C#N)[C@@H]1CO. The highest BCUT2D eigenvalue weighted by molar-refractivity contribution is 5.14. The minimum atomic E-state index is 0.0729. The molecule has 2 heteroatoms. The zero-order valence-corrected chi connectivity index (χ0v) is 5.76. The summed E-state index contributed by atoms with van der Waals surface area (Å²) in [7, 11) is 0. The first-order valence-electron chi connectivity index (χ1n) is 3.15. The number of rotatable bonds is 1. The molecule has 1 N–H and O–H groups in total. The fraction of sp³-hybridized carbons (Fsp3) is 0.857. The minimum absolute atomic E-state index is 0.0729. The lowest BCUT2D eigenvalue weighted by Gasteiger charge is -1.95. The van der Waals surface area contributed by atoms with Crippen LogP contribution in [0.4, 0.5) is 0 Å². The fourth-order valence-electron chi connectivity index (χ4n) is 1.34. The minimum Gasteiger partial charge on any atom is -0.396 e. The fourth-order valence-corrected chi connectivity index (χ4v) is 1.34. The summed E-state index contributed by atoms with van der Waals surface area (Å²) in [5, 5.41) is 17.2. The smallest absolute Gasteiger partial charge is 0.0665 e. The Balaban J connectivity index is 2.57. The molecule has 0 saturated heterocycles. The van der Waals surface area contributed by atoms with Crippen LogP contribution in [0.1, 0.15) is 13.8 Å². The van der Waals surface area contributed by atoms with E-state index in [1.54, 1.807) is 0 Å². The molecule has 0 aliphatic heterocycles. The van der Waals surface area contributed by atoms with Crippen molar-refractivity contribution in [2.24, 2.45) is 17.3 Å². The van der Waals surface area contributed by atoms with Crippen molar-refractivity contribution in [1.29, 1.82) is 5.26 Å². The van der Waals surface area contributed by atoms with E-state index in [1.165, 1.54) is 0 Å². The van der Waals surface area contributed by atoms with Gasteiger partial charge in [-0.3, -0.25) is 0 Å². The third kappa shape index (κ3) is 0.727. The lowest BCUT2D eigenvalue weighted by Crippen LogP contribution is -1.93. The number of aliphatic hydroxyl groups excluding tert-OH is 1. The molecule has 2 atom stereocenters. The maximum atomic E-state index is 8.69. The molecule has 1 saturated carbocycles. The van der Waals surface area contributed by atoms with Gasteiger partial charge < -0.3 is 5.11 Å². The van der Waals surface area contributed by atoms with Gasteiger partial charge in [-0.1, -0.05) is 13.8 Å². The summed E-state index contributed by atoms with van der Waals surface area (Å²) in [6.07, 6.45) is 0. The molecular weight excluding hydrogens is 114 g/mol. The predicted octanol–water partition coefficient (Wildman–Crippen LogP) is 0.774. The van der Waals surface area contributed by atoms with Crippen molar-refractivity contribution < 1.29 is 5.11 Å². The molecule has 0 spiro atoms. The summed E-state index contributed by atoms with van der Waals surface area (Å²) in [5.41, 5.74) is 0.0729. The summed E-state index contributed by atoms with van der Waals surface area (Å²) >= 11 is 0. The van der Waals surface area contributed by atoms with Crippen LogP contribution in [0.15, 0.2) is 0 Å². The Labute approximate surface area is 55.1 Å². The second-order valence-electron chi connectivity index (χ2n) is 3.22. The molecule has 50 valence electrons. The third-order valence-corrected chi connectivity index (χ3v) is 2.39. The molecule has 0 aromatic rings. The molecule has 1 aliphatic carbocycles. The van der Waals surface area contributed by atoms with Crippen molar-refractivity contribution in [3.8, 4) is 6.07 Å². The lowest BCUT2D eigenvalue weighted by molar-refractivity contribution is 0.256. The van der Waals surface area contributed by atoms with E-state index in [9.17, 15) is 0 Å². The second-order valence-corrected chi connectivity index (χ2v) is 3.22. The zero-order chi connectivity index (χ0) is 7.07. The average Bonchev–Trinajstić information content (AvgIpc) is 2.32. The van der Waals surface area contributed by atoms with Gasteiger partial charge in [-0.05, 0) is 5.41 Å². The lowest BCUT2D eigenvalue weighted by atomic mass is 10.1. The maximum absolute atomic E-state index is 8.69. The van der Waals surface area contributed by atoms with Gasteiger partial charge in [0.25, 0.3) is 0 Å². The number of aliphatic hydroxyl groups is 1. The molecule has 9 heavy (non-hydrogen) atoms. The predicted molar refractivity (Wildman–Crippen MR) is 33.5 cm³/mol. The van der Waals surface area contributed by atoms with Crippen molar-refractivity contribution in [2.75, 3.05) is 6.61 Å². The highest BCUT2D eigenvalue weighted by Crippen LogP contribution is 2.57. The monoisotopic (exact) mass is 125 g/mol. The Kier molecular flexibility index (Phi) is 1.25. The Hall–Kier alpha value is -0.550. The van der Waals surface area contributed by atoms with E-state index in [0.717, 1.165) is 0 Å².